The Labute approximate surface area is 206 Å². The van der Waals surface area contributed by atoms with Gasteiger partial charge in [0.25, 0.3) is 0 Å². The second kappa shape index (κ2) is 8.06. The highest BCUT2D eigenvalue weighted by molar-refractivity contribution is 5.86. The molecule has 0 amide bonds. The number of hydrogen-bond acceptors (Lipinski definition) is 3. The minimum atomic E-state index is -0.880. The van der Waals surface area contributed by atoms with Crippen molar-refractivity contribution in [2.75, 3.05) is 0 Å². The molecule has 34 heavy (non-hydrogen) atoms. The number of rotatable bonds is 4. The Balaban J connectivity index is 1.63. The number of carboxylic acids is 1. The van der Waals surface area contributed by atoms with E-state index in [2.05, 4.69) is 53.7 Å². The molecular weight excluding hydrogens is 424 g/mol. The van der Waals surface area contributed by atoms with E-state index < -0.39 is 11.6 Å². The smallest absolute Gasteiger partial charge is 0.331 e. The molecule has 4 aliphatic carbocycles. The zero-order valence-corrected chi connectivity index (χ0v) is 22.3. The summed E-state index contributed by atoms with van der Waals surface area (Å²) in [6.45, 7) is 15.4. The van der Waals surface area contributed by atoms with Crippen LogP contribution >= 0.6 is 0 Å². The van der Waals surface area contributed by atoms with Gasteiger partial charge < -0.3 is 15.3 Å². The van der Waals surface area contributed by atoms with Crippen molar-refractivity contribution in [1.29, 1.82) is 0 Å². The number of allylic oxidation sites excluding steroid dienone is 4. The van der Waals surface area contributed by atoms with Crippen molar-refractivity contribution in [3.8, 4) is 0 Å². The fraction of sp³-hybridized carbons (Fsp3) is 0.767. The van der Waals surface area contributed by atoms with Crippen molar-refractivity contribution < 1.29 is 20.1 Å². The third kappa shape index (κ3) is 3.27. The van der Waals surface area contributed by atoms with Gasteiger partial charge in [-0.2, -0.15) is 0 Å². The van der Waals surface area contributed by atoms with Crippen LogP contribution < -0.4 is 0 Å². The molecule has 0 aromatic heterocycles. The van der Waals surface area contributed by atoms with Crippen LogP contribution in [0.25, 0.3) is 0 Å². The summed E-state index contributed by atoms with van der Waals surface area (Å²) in [5.41, 5.74) is 0.794. The number of aliphatic hydroxyl groups excluding tert-OH is 1. The standard InChI is InChI=1S/C30H46O4/c1-19(25(32)33)9-8-10-20(2)27(5)15-13-21-22-11-12-23-26(3,4)24(31)14-16-29(23,7)30(22,34)18-17-28(21,27)6/h8-10,13,20,22-24,31,34H,11-12,14-18H2,1-7H3,(H,32,33)/b10-8-,19-9+/t20-,22+,23+,24-,27+,28+,29+,30-/m1/s1. The van der Waals surface area contributed by atoms with E-state index in [9.17, 15) is 15.0 Å². The van der Waals surface area contributed by atoms with E-state index in [0.717, 1.165) is 44.9 Å². The molecule has 0 saturated heterocycles. The van der Waals surface area contributed by atoms with Crippen LogP contribution in [0.5, 0.6) is 0 Å². The van der Waals surface area contributed by atoms with Crippen molar-refractivity contribution in [3.05, 3.63) is 35.5 Å². The highest BCUT2D eigenvalue weighted by atomic mass is 16.4. The van der Waals surface area contributed by atoms with Crippen LogP contribution in [0.1, 0.15) is 93.4 Å². The number of fused-ring (bicyclic) bond motifs is 5. The van der Waals surface area contributed by atoms with Crippen molar-refractivity contribution in [1.82, 2.24) is 0 Å². The molecule has 4 heteroatoms. The zero-order valence-electron chi connectivity index (χ0n) is 22.3. The van der Waals surface area contributed by atoms with Gasteiger partial charge in [-0.25, -0.2) is 4.79 Å². The summed E-state index contributed by atoms with van der Waals surface area (Å²) in [6.07, 6.45) is 14.4. The molecule has 190 valence electrons. The van der Waals surface area contributed by atoms with E-state index in [-0.39, 0.29) is 39.6 Å². The quantitative estimate of drug-likeness (QED) is 0.256. The summed E-state index contributed by atoms with van der Waals surface area (Å²) in [5, 5.41) is 32.4. The lowest BCUT2D eigenvalue weighted by atomic mass is 9.39. The average Bonchev–Trinajstić information content (AvgIpc) is 3.04. The monoisotopic (exact) mass is 470 g/mol. The largest absolute Gasteiger partial charge is 0.478 e. The predicted octanol–water partition coefficient (Wildman–Crippen LogP) is 6.29. The molecule has 0 aromatic carbocycles. The van der Waals surface area contributed by atoms with Gasteiger partial charge in [0.1, 0.15) is 0 Å². The SMILES string of the molecule is C/C(=C\C=C/[C@@H](C)[C@]1(C)CC=C2[C@@H]3CC[C@H]4C(C)(C)[C@H](O)CC[C@]4(C)[C@@]3(O)CC[C@@]21C)C(=O)O. The third-order valence-electron chi connectivity index (χ3n) is 11.9. The van der Waals surface area contributed by atoms with Crippen molar-refractivity contribution >= 4 is 5.97 Å². The van der Waals surface area contributed by atoms with Crippen molar-refractivity contribution in [2.24, 2.45) is 39.4 Å². The van der Waals surface area contributed by atoms with Gasteiger partial charge in [0.05, 0.1) is 11.7 Å². The minimum absolute atomic E-state index is 0.0199. The van der Waals surface area contributed by atoms with Crippen molar-refractivity contribution in [3.63, 3.8) is 0 Å². The average molecular weight is 471 g/mol. The highest BCUT2D eigenvalue weighted by Crippen LogP contribution is 2.72. The topological polar surface area (TPSA) is 77.8 Å². The van der Waals surface area contributed by atoms with Gasteiger partial charge in [-0.1, -0.05) is 71.4 Å². The number of carboxylic acid groups (broad SMARTS) is 1. The Morgan fingerprint density at radius 1 is 1.09 bits per heavy atom. The summed E-state index contributed by atoms with van der Waals surface area (Å²) >= 11 is 0. The van der Waals surface area contributed by atoms with E-state index in [1.165, 1.54) is 5.57 Å². The number of carbonyl (C=O) groups is 1. The zero-order chi connectivity index (χ0) is 25.3. The van der Waals surface area contributed by atoms with Crippen LogP contribution in [0, 0.1) is 39.4 Å². The first-order chi connectivity index (χ1) is 15.6. The van der Waals surface area contributed by atoms with E-state index in [1.54, 1.807) is 13.0 Å². The fourth-order valence-corrected chi connectivity index (χ4v) is 8.93. The first kappa shape index (κ1) is 25.7. The molecule has 0 bridgehead atoms. The molecule has 0 radical (unpaired) electrons. The van der Waals surface area contributed by atoms with Gasteiger partial charge in [-0.3, -0.25) is 0 Å². The Bertz CT molecular complexity index is 943. The van der Waals surface area contributed by atoms with Gasteiger partial charge in [0.15, 0.2) is 0 Å². The lowest BCUT2D eigenvalue weighted by Crippen LogP contribution is -2.67. The van der Waals surface area contributed by atoms with Gasteiger partial charge >= 0.3 is 5.97 Å². The fourth-order valence-electron chi connectivity index (χ4n) is 8.93. The summed E-state index contributed by atoms with van der Waals surface area (Å²) in [5.74, 6) is -0.0834. The van der Waals surface area contributed by atoms with Gasteiger partial charge in [0.2, 0.25) is 0 Å². The molecule has 4 nitrogen and oxygen atoms in total. The summed E-state index contributed by atoms with van der Waals surface area (Å²) < 4.78 is 0. The lowest BCUT2D eigenvalue weighted by Gasteiger charge is -2.68. The van der Waals surface area contributed by atoms with Crippen LogP contribution in [0.4, 0.5) is 0 Å². The number of aliphatic carboxylic acids is 1. The highest BCUT2D eigenvalue weighted by Gasteiger charge is 2.69. The molecule has 0 heterocycles. The first-order valence-electron chi connectivity index (χ1n) is 13.3. The van der Waals surface area contributed by atoms with Crippen LogP contribution in [-0.4, -0.2) is 33.0 Å². The summed E-state index contributed by atoms with van der Waals surface area (Å²) in [4.78, 5) is 11.1. The molecule has 0 aliphatic heterocycles. The maximum Gasteiger partial charge on any atom is 0.331 e. The Morgan fingerprint density at radius 2 is 1.76 bits per heavy atom. The van der Waals surface area contributed by atoms with E-state index in [0.29, 0.717) is 11.5 Å². The maximum atomic E-state index is 12.5. The first-order valence-corrected chi connectivity index (χ1v) is 13.3. The Morgan fingerprint density at radius 3 is 2.41 bits per heavy atom. The normalized spacial score (nSPS) is 46.9. The molecule has 0 unspecified atom stereocenters. The molecule has 3 N–H and O–H groups in total. The van der Waals surface area contributed by atoms with Gasteiger partial charge in [0, 0.05) is 16.9 Å². The summed E-state index contributed by atoms with van der Waals surface area (Å²) in [7, 11) is 0. The van der Waals surface area contributed by atoms with E-state index in [4.69, 9.17) is 5.11 Å². The molecule has 4 rings (SSSR count). The van der Waals surface area contributed by atoms with Crippen LogP contribution in [0.3, 0.4) is 0 Å². The molecule has 8 atom stereocenters. The number of hydrogen-bond donors (Lipinski definition) is 3. The maximum absolute atomic E-state index is 12.5. The second-order valence-electron chi connectivity index (χ2n) is 13.3. The van der Waals surface area contributed by atoms with Crippen molar-refractivity contribution in [2.45, 2.75) is 105 Å². The van der Waals surface area contributed by atoms with Gasteiger partial charge in [-0.15, -0.1) is 0 Å². The van der Waals surface area contributed by atoms with Crippen LogP contribution in [-0.2, 0) is 4.79 Å². The molecule has 4 aliphatic rings. The Hall–Kier alpha value is -1.39. The van der Waals surface area contributed by atoms with E-state index in [1.807, 2.05) is 6.08 Å². The van der Waals surface area contributed by atoms with Gasteiger partial charge in [-0.05, 0) is 80.0 Å². The number of aliphatic hydroxyl groups is 2. The van der Waals surface area contributed by atoms with Crippen LogP contribution in [0.15, 0.2) is 35.5 Å². The molecule has 0 spiro atoms. The summed E-state index contributed by atoms with van der Waals surface area (Å²) in [6, 6.07) is 0. The minimum Gasteiger partial charge on any atom is -0.478 e. The molecule has 3 fully saturated rings. The molecule has 3 saturated carbocycles. The van der Waals surface area contributed by atoms with Crippen LogP contribution in [0.2, 0.25) is 0 Å². The molecule has 0 aromatic rings. The second-order valence-corrected chi connectivity index (χ2v) is 13.3. The lowest BCUT2D eigenvalue weighted by molar-refractivity contribution is -0.242. The third-order valence-corrected chi connectivity index (χ3v) is 11.9. The predicted molar refractivity (Wildman–Crippen MR) is 136 cm³/mol. The Kier molecular flexibility index (Phi) is 6.09. The van der Waals surface area contributed by atoms with E-state index >= 15 is 0 Å². The molecular formula is C30H46O4.